The van der Waals surface area contributed by atoms with Crippen molar-refractivity contribution >= 4 is 11.8 Å². The number of rotatable bonds is 4. The van der Waals surface area contributed by atoms with Crippen LogP contribution in [0.25, 0.3) is 0 Å². The zero-order valence-electron chi connectivity index (χ0n) is 11.0. The van der Waals surface area contributed by atoms with Crippen LogP contribution < -0.4 is 5.32 Å². The molecule has 1 fully saturated rings. The number of aromatic nitrogens is 4. The fraction of sp³-hybridized carbons (Fsp3) is 0.909. The van der Waals surface area contributed by atoms with E-state index in [1.54, 1.807) is 16.4 Å². The maximum atomic E-state index is 4.06. The van der Waals surface area contributed by atoms with E-state index in [0.717, 1.165) is 11.7 Å². The largest absolute Gasteiger partial charge is 0.313 e. The molecule has 0 spiro atoms. The van der Waals surface area contributed by atoms with Crippen LogP contribution in [0.15, 0.2) is 5.16 Å². The van der Waals surface area contributed by atoms with Gasteiger partial charge in [-0.15, -0.1) is 5.10 Å². The lowest BCUT2D eigenvalue weighted by Crippen LogP contribution is -2.43. The molecule has 2 rings (SSSR count). The number of aryl methyl sites for hydroxylation is 1. The molecule has 1 aromatic heterocycles. The zero-order chi connectivity index (χ0) is 12.5. The molecular weight excluding hydrogens is 234 g/mol. The average molecular weight is 255 g/mol. The van der Waals surface area contributed by atoms with Crippen molar-refractivity contribution in [3.05, 3.63) is 0 Å². The van der Waals surface area contributed by atoms with E-state index in [0.29, 0.717) is 16.7 Å². The molecule has 1 N–H and O–H groups in total. The number of thioether (sulfide) groups is 1. The third-order valence-corrected chi connectivity index (χ3v) is 4.92. The Balaban J connectivity index is 2.08. The first kappa shape index (κ1) is 12.8. The quantitative estimate of drug-likeness (QED) is 0.883. The smallest absolute Gasteiger partial charge is 0.209 e. The van der Waals surface area contributed by atoms with Crippen molar-refractivity contribution in [2.45, 2.75) is 50.1 Å². The highest BCUT2D eigenvalue weighted by molar-refractivity contribution is 7.99. The second-order valence-corrected chi connectivity index (χ2v) is 6.51. The molecule has 0 bridgehead atoms. The van der Waals surface area contributed by atoms with Gasteiger partial charge in [-0.2, -0.15) is 0 Å². The minimum atomic E-state index is 0.361. The molecule has 17 heavy (non-hydrogen) atoms. The van der Waals surface area contributed by atoms with Gasteiger partial charge in [0.15, 0.2) is 0 Å². The van der Waals surface area contributed by atoms with E-state index >= 15 is 0 Å². The molecule has 2 unspecified atom stereocenters. The number of nitrogens with zero attached hydrogens (tertiary/aromatic N) is 4. The third-order valence-electron chi connectivity index (χ3n) is 3.55. The summed E-state index contributed by atoms with van der Waals surface area (Å²) in [6.45, 7) is 7.87. The first-order chi connectivity index (χ1) is 8.04. The monoisotopic (exact) mass is 255 g/mol. The van der Waals surface area contributed by atoms with Crippen molar-refractivity contribution in [1.82, 2.24) is 25.5 Å². The van der Waals surface area contributed by atoms with Crippen molar-refractivity contribution in [2.75, 3.05) is 6.54 Å². The second-order valence-electron chi connectivity index (χ2n) is 5.30. The van der Waals surface area contributed by atoms with Crippen molar-refractivity contribution in [3.63, 3.8) is 0 Å². The van der Waals surface area contributed by atoms with Gasteiger partial charge in [-0.3, -0.25) is 0 Å². The van der Waals surface area contributed by atoms with Crippen LogP contribution in [0.5, 0.6) is 0 Å². The van der Waals surface area contributed by atoms with E-state index in [2.05, 4.69) is 41.6 Å². The summed E-state index contributed by atoms with van der Waals surface area (Å²) in [5.74, 6) is 0. The van der Waals surface area contributed by atoms with E-state index in [4.69, 9.17) is 0 Å². The van der Waals surface area contributed by atoms with Gasteiger partial charge in [0.2, 0.25) is 5.16 Å². The Hall–Kier alpha value is -0.620. The second kappa shape index (κ2) is 4.94. The van der Waals surface area contributed by atoms with E-state index in [1.165, 1.54) is 12.8 Å². The molecule has 1 saturated carbocycles. The van der Waals surface area contributed by atoms with Crippen LogP contribution in [0.2, 0.25) is 0 Å². The minimum absolute atomic E-state index is 0.361. The molecule has 0 saturated heterocycles. The molecule has 1 aromatic rings. The van der Waals surface area contributed by atoms with Gasteiger partial charge < -0.3 is 5.32 Å². The van der Waals surface area contributed by atoms with E-state index in [9.17, 15) is 0 Å². The Labute approximate surface area is 107 Å². The number of hydrogen-bond donors (Lipinski definition) is 1. The lowest BCUT2D eigenvalue weighted by Gasteiger charge is -2.30. The van der Waals surface area contributed by atoms with Crippen LogP contribution >= 0.6 is 11.8 Å². The molecule has 0 radical (unpaired) electrons. The molecule has 0 amide bonds. The first-order valence-corrected chi connectivity index (χ1v) is 7.05. The van der Waals surface area contributed by atoms with Crippen LogP contribution in [0, 0.1) is 5.41 Å². The molecule has 5 nitrogen and oxygen atoms in total. The molecule has 6 heteroatoms. The van der Waals surface area contributed by atoms with Crippen molar-refractivity contribution in [2.24, 2.45) is 12.5 Å². The van der Waals surface area contributed by atoms with Gasteiger partial charge in [0.1, 0.15) is 0 Å². The topological polar surface area (TPSA) is 55.6 Å². The van der Waals surface area contributed by atoms with Gasteiger partial charge in [0.25, 0.3) is 0 Å². The SMILES string of the molecule is CCNC1C(Sc2nnnn2C)CCC1(C)C. The summed E-state index contributed by atoms with van der Waals surface area (Å²) in [7, 11) is 1.89. The minimum Gasteiger partial charge on any atom is -0.313 e. The van der Waals surface area contributed by atoms with Gasteiger partial charge in [-0.1, -0.05) is 32.5 Å². The zero-order valence-corrected chi connectivity index (χ0v) is 11.8. The lowest BCUT2D eigenvalue weighted by atomic mass is 9.87. The van der Waals surface area contributed by atoms with Gasteiger partial charge >= 0.3 is 0 Å². The Morgan fingerprint density at radius 1 is 1.53 bits per heavy atom. The van der Waals surface area contributed by atoms with Crippen molar-refractivity contribution < 1.29 is 0 Å². The Kier molecular flexibility index (Phi) is 3.73. The Morgan fingerprint density at radius 3 is 2.88 bits per heavy atom. The highest BCUT2D eigenvalue weighted by atomic mass is 32.2. The number of tetrazole rings is 1. The molecule has 0 aromatic carbocycles. The van der Waals surface area contributed by atoms with Crippen molar-refractivity contribution in [3.8, 4) is 0 Å². The van der Waals surface area contributed by atoms with Crippen LogP contribution in [0.1, 0.15) is 33.6 Å². The van der Waals surface area contributed by atoms with E-state index < -0.39 is 0 Å². The molecular formula is C11H21N5S. The number of nitrogens with one attached hydrogen (secondary N) is 1. The maximum absolute atomic E-state index is 4.06. The van der Waals surface area contributed by atoms with Gasteiger partial charge in [-0.25, -0.2) is 4.68 Å². The van der Waals surface area contributed by atoms with E-state index in [-0.39, 0.29) is 0 Å². The van der Waals surface area contributed by atoms with E-state index in [1.807, 2.05) is 7.05 Å². The molecule has 1 heterocycles. The highest BCUT2D eigenvalue weighted by Gasteiger charge is 2.42. The van der Waals surface area contributed by atoms with Crippen LogP contribution in [-0.2, 0) is 7.05 Å². The normalized spacial score (nSPS) is 27.5. The lowest BCUT2D eigenvalue weighted by molar-refractivity contribution is 0.290. The summed E-state index contributed by atoms with van der Waals surface area (Å²) in [6.07, 6.45) is 2.48. The maximum Gasteiger partial charge on any atom is 0.209 e. The molecule has 2 atom stereocenters. The van der Waals surface area contributed by atoms with Crippen LogP contribution in [0.3, 0.4) is 0 Å². The van der Waals surface area contributed by atoms with Crippen LogP contribution in [0.4, 0.5) is 0 Å². The van der Waals surface area contributed by atoms with Crippen LogP contribution in [-0.4, -0.2) is 38.0 Å². The van der Waals surface area contributed by atoms with Gasteiger partial charge in [0.05, 0.1) is 0 Å². The fourth-order valence-electron chi connectivity index (χ4n) is 2.55. The number of hydrogen-bond acceptors (Lipinski definition) is 5. The summed E-state index contributed by atoms with van der Waals surface area (Å²) in [5, 5.41) is 16.7. The predicted molar refractivity (Wildman–Crippen MR) is 68.9 cm³/mol. The third kappa shape index (κ3) is 2.63. The predicted octanol–water partition coefficient (Wildman–Crippen LogP) is 1.47. The molecule has 1 aliphatic rings. The average Bonchev–Trinajstić information content (AvgIpc) is 2.78. The summed E-state index contributed by atoms with van der Waals surface area (Å²) in [4.78, 5) is 0. The van der Waals surface area contributed by atoms with Crippen molar-refractivity contribution in [1.29, 1.82) is 0 Å². The summed E-state index contributed by atoms with van der Waals surface area (Å²) < 4.78 is 1.75. The summed E-state index contributed by atoms with van der Waals surface area (Å²) in [6, 6.07) is 0.536. The fourth-order valence-corrected chi connectivity index (χ4v) is 3.93. The molecule has 96 valence electrons. The Morgan fingerprint density at radius 2 is 2.29 bits per heavy atom. The van der Waals surface area contributed by atoms with Gasteiger partial charge in [0, 0.05) is 18.3 Å². The standard InChI is InChI=1S/C11H21N5S/c1-5-12-9-8(6-7-11(9,2)3)17-10-13-14-15-16(10)4/h8-9,12H,5-7H2,1-4H3. The molecule has 0 aliphatic heterocycles. The Bertz CT molecular complexity index is 376. The van der Waals surface area contributed by atoms with Gasteiger partial charge in [-0.05, 0) is 35.2 Å². The summed E-state index contributed by atoms with van der Waals surface area (Å²) in [5.41, 5.74) is 0.361. The summed E-state index contributed by atoms with van der Waals surface area (Å²) >= 11 is 1.80. The molecule has 1 aliphatic carbocycles. The highest BCUT2D eigenvalue weighted by Crippen LogP contribution is 2.44. The first-order valence-electron chi connectivity index (χ1n) is 6.17.